The molecule has 6 nitrogen and oxygen atoms in total. The third-order valence-electron chi connectivity index (χ3n) is 2.98. The quantitative estimate of drug-likeness (QED) is 0.934. The van der Waals surface area contributed by atoms with Gasteiger partial charge in [-0.1, -0.05) is 23.7 Å². The summed E-state index contributed by atoms with van der Waals surface area (Å²) in [6.45, 7) is 2.92. The van der Waals surface area contributed by atoms with Crippen LogP contribution in [-0.2, 0) is 4.74 Å². The van der Waals surface area contributed by atoms with Gasteiger partial charge in [0, 0.05) is 13.1 Å². The van der Waals surface area contributed by atoms with Crippen LogP contribution in [0.5, 0.6) is 0 Å². The number of halogens is 1. The highest BCUT2D eigenvalue weighted by atomic mass is 35.5. The molecule has 1 aliphatic heterocycles. The maximum Gasteiger partial charge on any atom is 0.247 e. The fourth-order valence-electron chi connectivity index (χ4n) is 1.95. The van der Waals surface area contributed by atoms with Gasteiger partial charge in [-0.2, -0.15) is 10.1 Å². The molecule has 0 atom stereocenters. The Morgan fingerprint density at radius 2 is 2.00 bits per heavy atom. The van der Waals surface area contributed by atoms with Gasteiger partial charge in [-0.05, 0) is 12.1 Å². The minimum atomic E-state index is 0.602. The van der Waals surface area contributed by atoms with Gasteiger partial charge in [-0.25, -0.2) is 0 Å². The van der Waals surface area contributed by atoms with Crippen molar-refractivity contribution in [2.75, 3.05) is 36.5 Å². The summed E-state index contributed by atoms with van der Waals surface area (Å²) in [6, 6.07) is 7.50. The number of rotatable bonds is 3. The van der Waals surface area contributed by atoms with Crippen molar-refractivity contribution in [2.24, 2.45) is 0 Å². The normalized spacial score (nSPS) is 15.2. The maximum absolute atomic E-state index is 6.11. The summed E-state index contributed by atoms with van der Waals surface area (Å²) in [4.78, 5) is 6.51. The molecule has 2 heterocycles. The van der Waals surface area contributed by atoms with Crippen LogP contribution in [0.25, 0.3) is 0 Å². The molecule has 1 aliphatic rings. The molecule has 0 amide bonds. The summed E-state index contributed by atoms with van der Waals surface area (Å²) in [5, 5.41) is 11.8. The number of benzene rings is 1. The standard InChI is InChI=1S/C13H14ClN5O/c14-10-3-1-2-4-11(10)16-12-9-15-18-13(17-12)19-5-7-20-8-6-19/h1-4,9H,5-8H2,(H,16,17,18). The molecular weight excluding hydrogens is 278 g/mol. The van der Waals surface area contributed by atoms with Gasteiger partial charge in [0.2, 0.25) is 5.95 Å². The fraction of sp³-hybridized carbons (Fsp3) is 0.308. The Morgan fingerprint density at radius 3 is 2.80 bits per heavy atom. The summed E-state index contributed by atoms with van der Waals surface area (Å²) in [5.41, 5.74) is 0.794. The van der Waals surface area contributed by atoms with E-state index in [1.165, 1.54) is 0 Å². The number of ether oxygens (including phenoxy) is 1. The largest absolute Gasteiger partial charge is 0.378 e. The lowest BCUT2D eigenvalue weighted by molar-refractivity contribution is 0.122. The second-order valence-electron chi connectivity index (χ2n) is 4.35. The van der Waals surface area contributed by atoms with Crippen molar-refractivity contribution in [1.82, 2.24) is 15.2 Å². The van der Waals surface area contributed by atoms with Crippen molar-refractivity contribution in [3.8, 4) is 0 Å². The van der Waals surface area contributed by atoms with Crippen molar-refractivity contribution in [3.05, 3.63) is 35.5 Å². The van der Waals surface area contributed by atoms with E-state index >= 15 is 0 Å². The van der Waals surface area contributed by atoms with Gasteiger partial charge >= 0.3 is 0 Å². The minimum absolute atomic E-state index is 0.602. The van der Waals surface area contributed by atoms with Crippen molar-refractivity contribution >= 4 is 29.1 Å². The van der Waals surface area contributed by atoms with Crippen LogP contribution in [0.15, 0.2) is 30.5 Å². The maximum atomic E-state index is 6.11. The number of nitrogens with one attached hydrogen (secondary N) is 1. The number of aromatic nitrogens is 3. The predicted molar refractivity (Wildman–Crippen MR) is 77.6 cm³/mol. The molecule has 0 aliphatic carbocycles. The first-order chi connectivity index (χ1) is 9.83. The monoisotopic (exact) mass is 291 g/mol. The second kappa shape index (κ2) is 6.02. The van der Waals surface area contributed by atoms with Crippen molar-refractivity contribution < 1.29 is 4.74 Å². The molecule has 7 heteroatoms. The molecule has 2 aromatic rings. The first-order valence-corrected chi connectivity index (χ1v) is 6.75. The Hall–Kier alpha value is -1.92. The predicted octanol–water partition coefficient (Wildman–Crippen LogP) is 2.11. The molecule has 1 aromatic carbocycles. The molecule has 104 valence electrons. The lowest BCUT2D eigenvalue weighted by Gasteiger charge is -2.26. The molecule has 0 bridgehead atoms. The Morgan fingerprint density at radius 1 is 1.20 bits per heavy atom. The fourth-order valence-corrected chi connectivity index (χ4v) is 2.14. The Kier molecular flexibility index (Phi) is 3.94. The van der Waals surface area contributed by atoms with Crippen LogP contribution in [0.1, 0.15) is 0 Å². The van der Waals surface area contributed by atoms with Gasteiger partial charge in [0.05, 0.1) is 30.1 Å². The smallest absolute Gasteiger partial charge is 0.247 e. The van der Waals surface area contributed by atoms with E-state index in [2.05, 4.69) is 20.5 Å². The van der Waals surface area contributed by atoms with E-state index in [1.807, 2.05) is 29.2 Å². The van der Waals surface area contributed by atoms with Crippen LogP contribution in [0, 0.1) is 0 Å². The van der Waals surface area contributed by atoms with E-state index in [4.69, 9.17) is 16.3 Å². The zero-order chi connectivity index (χ0) is 13.8. The van der Waals surface area contributed by atoms with Crippen LogP contribution in [-0.4, -0.2) is 41.5 Å². The first-order valence-electron chi connectivity index (χ1n) is 6.37. The van der Waals surface area contributed by atoms with E-state index in [9.17, 15) is 0 Å². The number of para-hydroxylation sites is 1. The molecular formula is C13H14ClN5O. The number of nitrogens with zero attached hydrogens (tertiary/aromatic N) is 4. The van der Waals surface area contributed by atoms with Crippen LogP contribution in [0.3, 0.4) is 0 Å². The molecule has 0 spiro atoms. The Labute approximate surface area is 121 Å². The highest BCUT2D eigenvalue weighted by Crippen LogP contribution is 2.24. The molecule has 0 unspecified atom stereocenters. The summed E-state index contributed by atoms with van der Waals surface area (Å²) in [5.74, 6) is 1.22. The lowest BCUT2D eigenvalue weighted by atomic mass is 10.3. The minimum Gasteiger partial charge on any atom is -0.378 e. The molecule has 20 heavy (non-hydrogen) atoms. The van der Waals surface area contributed by atoms with E-state index in [-0.39, 0.29) is 0 Å². The Balaban J connectivity index is 1.79. The molecule has 3 rings (SSSR count). The van der Waals surface area contributed by atoms with Gasteiger partial charge in [-0.15, -0.1) is 5.10 Å². The summed E-state index contributed by atoms with van der Waals surface area (Å²) >= 11 is 6.11. The number of hydrogen-bond acceptors (Lipinski definition) is 6. The third-order valence-corrected chi connectivity index (χ3v) is 3.31. The Bertz CT molecular complexity index is 588. The van der Waals surface area contributed by atoms with Gasteiger partial charge in [-0.3, -0.25) is 0 Å². The van der Waals surface area contributed by atoms with Crippen LogP contribution < -0.4 is 10.2 Å². The molecule has 0 saturated carbocycles. The van der Waals surface area contributed by atoms with E-state index in [1.54, 1.807) is 6.20 Å². The van der Waals surface area contributed by atoms with E-state index in [0.717, 1.165) is 18.8 Å². The van der Waals surface area contributed by atoms with Gasteiger partial charge in [0.1, 0.15) is 0 Å². The number of hydrogen-bond donors (Lipinski definition) is 1. The van der Waals surface area contributed by atoms with Crippen LogP contribution in [0.2, 0.25) is 5.02 Å². The summed E-state index contributed by atoms with van der Waals surface area (Å²) in [6.07, 6.45) is 1.58. The number of anilines is 3. The zero-order valence-electron chi connectivity index (χ0n) is 10.8. The van der Waals surface area contributed by atoms with Crippen LogP contribution >= 0.6 is 11.6 Å². The molecule has 0 radical (unpaired) electrons. The average molecular weight is 292 g/mol. The topological polar surface area (TPSA) is 63.2 Å². The third kappa shape index (κ3) is 2.97. The van der Waals surface area contributed by atoms with Gasteiger partial charge < -0.3 is 15.0 Å². The van der Waals surface area contributed by atoms with E-state index < -0.39 is 0 Å². The summed E-state index contributed by atoms with van der Waals surface area (Å²) < 4.78 is 5.31. The SMILES string of the molecule is Clc1ccccc1Nc1cnnc(N2CCOCC2)n1. The van der Waals surface area contributed by atoms with E-state index in [0.29, 0.717) is 30.0 Å². The first kappa shape index (κ1) is 13.1. The van der Waals surface area contributed by atoms with Crippen molar-refractivity contribution in [2.45, 2.75) is 0 Å². The molecule has 1 saturated heterocycles. The number of morpholine rings is 1. The lowest BCUT2D eigenvalue weighted by Crippen LogP contribution is -2.37. The highest BCUT2D eigenvalue weighted by Gasteiger charge is 2.14. The molecule has 1 aromatic heterocycles. The zero-order valence-corrected chi connectivity index (χ0v) is 11.5. The van der Waals surface area contributed by atoms with Gasteiger partial charge in [0.25, 0.3) is 0 Å². The highest BCUT2D eigenvalue weighted by molar-refractivity contribution is 6.33. The summed E-state index contributed by atoms with van der Waals surface area (Å²) in [7, 11) is 0. The molecule has 1 fully saturated rings. The van der Waals surface area contributed by atoms with Crippen molar-refractivity contribution in [3.63, 3.8) is 0 Å². The molecule has 1 N–H and O–H groups in total. The second-order valence-corrected chi connectivity index (χ2v) is 4.75. The average Bonchev–Trinajstić information content (AvgIpc) is 2.51. The van der Waals surface area contributed by atoms with Gasteiger partial charge in [0.15, 0.2) is 5.82 Å². The van der Waals surface area contributed by atoms with Crippen molar-refractivity contribution in [1.29, 1.82) is 0 Å². The van der Waals surface area contributed by atoms with Crippen LogP contribution in [0.4, 0.5) is 17.5 Å².